The van der Waals surface area contributed by atoms with Crippen molar-refractivity contribution in [3.8, 4) is 0 Å². The highest BCUT2D eigenvalue weighted by Crippen LogP contribution is 2.32. The van der Waals surface area contributed by atoms with Crippen molar-refractivity contribution in [3.63, 3.8) is 0 Å². The molecule has 3 aliphatic rings. The van der Waals surface area contributed by atoms with Gasteiger partial charge in [0.25, 0.3) is 0 Å². The minimum atomic E-state index is 0.00981. The fourth-order valence-electron chi connectivity index (χ4n) is 4.13. The van der Waals surface area contributed by atoms with Crippen LogP contribution in [0.15, 0.2) is 41.2 Å². The number of para-hydroxylation sites is 1. The van der Waals surface area contributed by atoms with Crippen molar-refractivity contribution >= 4 is 23.1 Å². The summed E-state index contributed by atoms with van der Waals surface area (Å²) < 4.78 is 5.57. The Balaban J connectivity index is 1.51. The molecule has 2 atom stereocenters. The molecule has 0 bridgehead atoms. The van der Waals surface area contributed by atoms with E-state index in [1.807, 2.05) is 30.0 Å². The number of fused-ring (bicyclic) bond motifs is 1. The largest absolute Gasteiger partial charge is 0.375 e. The first kappa shape index (κ1) is 17.9. The molecule has 1 saturated heterocycles. The average Bonchev–Trinajstić information content (AvgIpc) is 2.97. The van der Waals surface area contributed by atoms with E-state index in [2.05, 4.69) is 22.9 Å². The summed E-state index contributed by atoms with van der Waals surface area (Å²) in [6.45, 7) is 6.12. The molecular weight excluding hydrogens is 342 g/mol. The van der Waals surface area contributed by atoms with Crippen LogP contribution in [0.1, 0.15) is 32.3 Å². The van der Waals surface area contributed by atoms with Crippen LogP contribution >= 0.6 is 0 Å². The summed E-state index contributed by atoms with van der Waals surface area (Å²) in [6, 6.07) is 8.15. The number of ether oxygens (including phenoxy) is 1. The number of carbonyl (C=O) groups excluding carboxylic acids is 2. The van der Waals surface area contributed by atoms with Gasteiger partial charge in [-0.05, 0) is 31.9 Å². The van der Waals surface area contributed by atoms with Crippen molar-refractivity contribution in [1.29, 1.82) is 0 Å². The van der Waals surface area contributed by atoms with E-state index in [9.17, 15) is 9.59 Å². The van der Waals surface area contributed by atoms with Gasteiger partial charge in [-0.15, -0.1) is 0 Å². The first-order chi connectivity index (χ1) is 13.0. The Labute approximate surface area is 159 Å². The van der Waals surface area contributed by atoms with Gasteiger partial charge in [-0.1, -0.05) is 18.2 Å². The first-order valence-corrected chi connectivity index (χ1v) is 9.58. The smallest absolute Gasteiger partial charge is 0.232 e. The summed E-state index contributed by atoms with van der Waals surface area (Å²) in [5, 5.41) is 0. The lowest BCUT2D eigenvalue weighted by Gasteiger charge is -2.34. The molecule has 27 heavy (non-hydrogen) atoms. The number of amides is 1. The highest BCUT2D eigenvalue weighted by atomic mass is 16.5. The third-order valence-corrected chi connectivity index (χ3v) is 5.34. The van der Waals surface area contributed by atoms with Crippen molar-refractivity contribution in [2.45, 2.75) is 45.3 Å². The number of rotatable bonds is 3. The normalized spacial score (nSPS) is 25.2. The third kappa shape index (κ3) is 3.67. The summed E-state index contributed by atoms with van der Waals surface area (Å²) in [5.41, 5.74) is 2.83. The van der Waals surface area contributed by atoms with E-state index >= 15 is 0 Å². The summed E-state index contributed by atoms with van der Waals surface area (Å²) >= 11 is 0. The van der Waals surface area contributed by atoms with Gasteiger partial charge in [0.1, 0.15) is 5.82 Å². The number of nitrogens with zero attached hydrogens (tertiary/aromatic N) is 3. The Bertz CT molecular complexity index is 830. The van der Waals surface area contributed by atoms with Crippen molar-refractivity contribution in [1.82, 2.24) is 4.90 Å². The molecule has 3 heterocycles. The van der Waals surface area contributed by atoms with Gasteiger partial charge < -0.3 is 14.5 Å². The molecule has 1 amide bonds. The van der Waals surface area contributed by atoms with Crippen LogP contribution in [0.2, 0.25) is 0 Å². The predicted octanol–water partition coefficient (Wildman–Crippen LogP) is 2.33. The van der Waals surface area contributed by atoms with E-state index in [1.165, 1.54) is 5.56 Å². The number of hydrogen-bond donors (Lipinski definition) is 0. The molecule has 1 aromatic carbocycles. The number of benzene rings is 1. The van der Waals surface area contributed by atoms with Crippen LogP contribution in [0.25, 0.3) is 0 Å². The van der Waals surface area contributed by atoms with E-state index in [-0.39, 0.29) is 36.7 Å². The monoisotopic (exact) mass is 367 g/mol. The quantitative estimate of drug-likeness (QED) is 0.823. The SMILES string of the molecule is CC1CN(C2=CC(=O)CC(CC(=O)N3c4ccccc4CC3C)=N2)CCO1. The van der Waals surface area contributed by atoms with E-state index in [1.54, 1.807) is 6.08 Å². The maximum atomic E-state index is 13.0. The van der Waals surface area contributed by atoms with Gasteiger partial charge in [-0.3, -0.25) is 9.59 Å². The van der Waals surface area contributed by atoms with Gasteiger partial charge in [-0.2, -0.15) is 0 Å². The van der Waals surface area contributed by atoms with Crippen LogP contribution in [-0.4, -0.2) is 54.1 Å². The number of carbonyl (C=O) groups is 2. The Morgan fingerprint density at radius 1 is 1.30 bits per heavy atom. The number of hydrogen-bond acceptors (Lipinski definition) is 5. The molecule has 0 aliphatic carbocycles. The van der Waals surface area contributed by atoms with Crippen molar-refractivity contribution in [3.05, 3.63) is 41.7 Å². The molecular formula is C21H25N3O3. The Morgan fingerprint density at radius 3 is 2.93 bits per heavy atom. The lowest BCUT2D eigenvalue weighted by Crippen LogP contribution is -2.41. The Hall–Kier alpha value is -2.47. The van der Waals surface area contributed by atoms with Gasteiger partial charge in [0.15, 0.2) is 5.78 Å². The van der Waals surface area contributed by atoms with Crippen molar-refractivity contribution in [2.75, 3.05) is 24.6 Å². The molecule has 6 heteroatoms. The molecule has 1 fully saturated rings. The topological polar surface area (TPSA) is 62.2 Å². The molecule has 0 aromatic heterocycles. The predicted molar refractivity (Wildman–Crippen MR) is 104 cm³/mol. The minimum absolute atomic E-state index is 0.00981. The number of morpholine rings is 1. The second kappa shape index (κ2) is 7.27. The summed E-state index contributed by atoms with van der Waals surface area (Å²) in [5.74, 6) is 0.687. The van der Waals surface area contributed by atoms with Crippen LogP contribution in [0.4, 0.5) is 5.69 Å². The molecule has 1 aromatic rings. The molecule has 3 aliphatic heterocycles. The van der Waals surface area contributed by atoms with Crippen molar-refractivity contribution < 1.29 is 14.3 Å². The van der Waals surface area contributed by atoms with E-state index in [4.69, 9.17) is 4.74 Å². The van der Waals surface area contributed by atoms with E-state index in [0.29, 0.717) is 31.2 Å². The van der Waals surface area contributed by atoms with Crippen LogP contribution in [0.3, 0.4) is 0 Å². The van der Waals surface area contributed by atoms with Gasteiger partial charge in [0, 0.05) is 43.0 Å². The zero-order chi connectivity index (χ0) is 19.0. The molecule has 6 nitrogen and oxygen atoms in total. The van der Waals surface area contributed by atoms with Crippen molar-refractivity contribution in [2.24, 2.45) is 4.99 Å². The molecule has 0 N–H and O–H groups in total. The fourth-order valence-corrected chi connectivity index (χ4v) is 4.13. The number of aliphatic imine (C=N–C) groups is 1. The maximum absolute atomic E-state index is 13.0. The first-order valence-electron chi connectivity index (χ1n) is 9.58. The van der Waals surface area contributed by atoms with Gasteiger partial charge >= 0.3 is 0 Å². The average molecular weight is 367 g/mol. The number of ketones is 1. The van der Waals surface area contributed by atoms with Crippen LogP contribution in [0.5, 0.6) is 0 Å². The van der Waals surface area contributed by atoms with Crippen LogP contribution in [0, 0.1) is 0 Å². The molecule has 4 rings (SSSR count). The van der Waals surface area contributed by atoms with Crippen LogP contribution in [-0.2, 0) is 20.7 Å². The molecule has 0 saturated carbocycles. The highest BCUT2D eigenvalue weighted by molar-refractivity contribution is 6.16. The molecule has 142 valence electrons. The van der Waals surface area contributed by atoms with Gasteiger partial charge in [0.2, 0.25) is 5.91 Å². The zero-order valence-electron chi connectivity index (χ0n) is 15.9. The summed E-state index contributed by atoms with van der Waals surface area (Å²) in [6.07, 6.45) is 2.98. The fraction of sp³-hybridized carbons (Fsp3) is 0.476. The molecule has 0 spiro atoms. The molecule has 0 radical (unpaired) electrons. The third-order valence-electron chi connectivity index (χ3n) is 5.34. The van der Waals surface area contributed by atoms with Gasteiger partial charge in [0.05, 0.1) is 19.1 Å². The molecule has 2 unspecified atom stereocenters. The second-order valence-electron chi connectivity index (χ2n) is 7.57. The number of allylic oxidation sites excluding steroid dienone is 1. The Kier molecular flexibility index (Phi) is 4.83. The maximum Gasteiger partial charge on any atom is 0.232 e. The lowest BCUT2D eigenvalue weighted by molar-refractivity contribution is -0.117. The summed E-state index contributed by atoms with van der Waals surface area (Å²) in [7, 11) is 0. The van der Waals surface area contributed by atoms with E-state index < -0.39 is 0 Å². The standard InChI is InChI=1S/C21H25N3O3/c1-14-9-16-5-3-4-6-19(16)24(14)21(26)11-17-10-18(25)12-20(22-17)23-7-8-27-15(2)13-23/h3-6,12,14-15H,7-11,13H2,1-2H3. The second-order valence-corrected chi connectivity index (χ2v) is 7.57. The summed E-state index contributed by atoms with van der Waals surface area (Å²) in [4.78, 5) is 33.8. The van der Waals surface area contributed by atoms with E-state index in [0.717, 1.165) is 12.1 Å². The van der Waals surface area contributed by atoms with Gasteiger partial charge in [-0.25, -0.2) is 4.99 Å². The minimum Gasteiger partial charge on any atom is -0.375 e. The zero-order valence-corrected chi connectivity index (χ0v) is 15.9. The Morgan fingerprint density at radius 2 is 2.11 bits per heavy atom. The highest BCUT2D eigenvalue weighted by Gasteiger charge is 2.32. The van der Waals surface area contributed by atoms with Crippen LogP contribution < -0.4 is 4.90 Å². The lowest BCUT2D eigenvalue weighted by atomic mass is 10.1. The number of anilines is 1.